The molecule has 0 unspecified atom stereocenters. The molecule has 13 heavy (non-hydrogen) atoms. The van der Waals surface area contributed by atoms with Crippen molar-refractivity contribution >= 4 is 5.69 Å². The van der Waals surface area contributed by atoms with Crippen LogP contribution < -0.4 is 5.73 Å². The number of anilines is 1. The summed E-state index contributed by atoms with van der Waals surface area (Å²) in [5, 5.41) is 0. The lowest BCUT2D eigenvalue weighted by molar-refractivity contribution is 0.301. The SMILES string of the molecule is CCN1Cc2cc(N)c(F)cc2C1. The molecule has 0 saturated heterocycles. The Kier molecular flexibility index (Phi) is 1.96. The van der Waals surface area contributed by atoms with Gasteiger partial charge in [0, 0.05) is 13.1 Å². The Bertz CT molecular complexity index is 305. The van der Waals surface area contributed by atoms with E-state index in [1.165, 1.54) is 5.56 Å². The summed E-state index contributed by atoms with van der Waals surface area (Å²) in [4.78, 5) is 2.25. The van der Waals surface area contributed by atoms with Crippen LogP contribution in [0.3, 0.4) is 0 Å². The maximum absolute atomic E-state index is 13.1. The molecule has 0 atom stereocenters. The number of benzene rings is 1. The van der Waals surface area contributed by atoms with E-state index in [4.69, 9.17) is 5.73 Å². The number of rotatable bonds is 1. The number of hydrogen-bond acceptors (Lipinski definition) is 2. The molecule has 0 amide bonds. The molecule has 0 radical (unpaired) electrons. The van der Waals surface area contributed by atoms with Crippen LogP contribution >= 0.6 is 0 Å². The van der Waals surface area contributed by atoms with Crippen molar-refractivity contribution in [3.05, 3.63) is 29.1 Å². The molecule has 1 aromatic rings. The third-order valence-corrected chi connectivity index (χ3v) is 2.55. The molecule has 1 aromatic carbocycles. The van der Waals surface area contributed by atoms with E-state index >= 15 is 0 Å². The van der Waals surface area contributed by atoms with Crippen LogP contribution in [0.5, 0.6) is 0 Å². The smallest absolute Gasteiger partial charge is 0.146 e. The summed E-state index contributed by atoms with van der Waals surface area (Å²) in [5.74, 6) is -0.295. The van der Waals surface area contributed by atoms with Crippen molar-refractivity contribution in [3.63, 3.8) is 0 Å². The highest BCUT2D eigenvalue weighted by Crippen LogP contribution is 2.26. The van der Waals surface area contributed by atoms with Crippen LogP contribution in [0.4, 0.5) is 10.1 Å². The summed E-state index contributed by atoms with van der Waals surface area (Å²) >= 11 is 0. The minimum absolute atomic E-state index is 0.261. The fraction of sp³-hybridized carbons (Fsp3) is 0.400. The number of fused-ring (bicyclic) bond motifs is 1. The standard InChI is InChI=1S/C10H13FN2/c1-2-13-5-7-3-9(11)10(12)4-8(7)6-13/h3-4H,2,5-6,12H2,1H3. The van der Waals surface area contributed by atoms with E-state index in [1.54, 1.807) is 12.1 Å². The molecule has 1 heterocycles. The quantitative estimate of drug-likeness (QED) is 0.667. The lowest BCUT2D eigenvalue weighted by atomic mass is 10.1. The third-order valence-electron chi connectivity index (χ3n) is 2.55. The van der Waals surface area contributed by atoms with Gasteiger partial charge in [-0.3, -0.25) is 4.90 Å². The molecule has 0 spiro atoms. The Morgan fingerprint density at radius 3 is 2.62 bits per heavy atom. The van der Waals surface area contributed by atoms with Gasteiger partial charge in [0.25, 0.3) is 0 Å². The minimum atomic E-state index is -0.295. The zero-order valence-corrected chi connectivity index (χ0v) is 7.68. The van der Waals surface area contributed by atoms with E-state index in [1.807, 2.05) is 0 Å². The molecule has 1 aliphatic heterocycles. The predicted molar refractivity (Wildman–Crippen MR) is 50.6 cm³/mol. The number of nitrogens with zero attached hydrogens (tertiary/aromatic N) is 1. The number of nitrogens with two attached hydrogens (primary N) is 1. The predicted octanol–water partition coefficient (Wildman–Crippen LogP) is 1.74. The summed E-state index contributed by atoms with van der Waals surface area (Å²) < 4.78 is 13.1. The van der Waals surface area contributed by atoms with E-state index in [-0.39, 0.29) is 11.5 Å². The summed E-state index contributed by atoms with van der Waals surface area (Å²) in [6, 6.07) is 3.31. The molecule has 0 aromatic heterocycles. The first-order valence-electron chi connectivity index (χ1n) is 4.50. The van der Waals surface area contributed by atoms with Gasteiger partial charge in [0.1, 0.15) is 5.82 Å². The monoisotopic (exact) mass is 180 g/mol. The van der Waals surface area contributed by atoms with Gasteiger partial charge in [-0.2, -0.15) is 0 Å². The molecule has 0 saturated carbocycles. The summed E-state index contributed by atoms with van der Waals surface area (Å²) in [5.41, 5.74) is 7.99. The third kappa shape index (κ3) is 1.40. The first-order chi connectivity index (χ1) is 6.20. The summed E-state index contributed by atoms with van der Waals surface area (Å²) in [6.45, 7) is 4.85. The average Bonchev–Trinajstić information content (AvgIpc) is 2.48. The highest BCUT2D eigenvalue weighted by atomic mass is 19.1. The van der Waals surface area contributed by atoms with Crippen LogP contribution in [-0.2, 0) is 13.1 Å². The topological polar surface area (TPSA) is 29.3 Å². The Morgan fingerprint density at radius 2 is 2.00 bits per heavy atom. The van der Waals surface area contributed by atoms with Gasteiger partial charge >= 0.3 is 0 Å². The lowest BCUT2D eigenvalue weighted by Crippen LogP contribution is -2.14. The number of nitrogen functional groups attached to an aromatic ring is 1. The van der Waals surface area contributed by atoms with Crippen molar-refractivity contribution in [2.75, 3.05) is 12.3 Å². The van der Waals surface area contributed by atoms with E-state index in [0.717, 1.165) is 25.2 Å². The van der Waals surface area contributed by atoms with Gasteiger partial charge in [-0.1, -0.05) is 6.92 Å². The van der Waals surface area contributed by atoms with Crippen LogP contribution in [0.15, 0.2) is 12.1 Å². The normalized spacial score (nSPS) is 16.2. The molecular formula is C10H13FN2. The van der Waals surface area contributed by atoms with E-state index in [2.05, 4.69) is 11.8 Å². The Morgan fingerprint density at radius 1 is 1.38 bits per heavy atom. The Labute approximate surface area is 77.2 Å². The molecule has 0 fully saturated rings. The van der Waals surface area contributed by atoms with Crippen molar-refractivity contribution < 1.29 is 4.39 Å². The van der Waals surface area contributed by atoms with Gasteiger partial charge in [-0.15, -0.1) is 0 Å². The van der Waals surface area contributed by atoms with Crippen LogP contribution in [0, 0.1) is 5.82 Å². The highest BCUT2D eigenvalue weighted by Gasteiger charge is 2.18. The second kappa shape index (κ2) is 3.00. The first kappa shape index (κ1) is 8.51. The number of hydrogen-bond donors (Lipinski definition) is 1. The van der Waals surface area contributed by atoms with Crippen molar-refractivity contribution in [2.45, 2.75) is 20.0 Å². The minimum Gasteiger partial charge on any atom is -0.396 e. The van der Waals surface area contributed by atoms with Crippen LogP contribution in [-0.4, -0.2) is 11.4 Å². The maximum atomic E-state index is 13.1. The van der Waals surface area contributed by atoms with E-state index < -0.39 is 0 Å². The van der Waals surface area contributed by atoms with Crippen LogP contribution in [0.1, 0.15) is 18.1 Å². The van der Waals surface area contributed by atoms with Gasteiger partial charge in [-0.25, -0.2) is 4.39 Å². The molecule has 2 rings (SSSR count). The number of halogens is 1. The van der Waals surface area contributed by atoms with Gasteiger partial charge in [0.05, 0.1) is 5.69 Å². The molecule has 0 aliphatic carbocycles. The molecule has 2 N–H and O–H groups in total. The zero-order chi connectivity index (χ0) is 9.42. The first-order valence-corrected chi connectivity index (χ1v) is 4.50. The van der Waals surface area contributed by atoms with Crippen molar-refractivity contribution in [1.29, 1.82) is 0 Å². The summed E-state index contributed by atoms with van der Waals surface area (Å²) in [6.07, 6.45) is 0. The second-order valence-corrected chi connectivity index (χ2v) is 3.45. The van der Waals surface area contributed by atoms with Gasteiger partial charge in [0.2, 0.25) is 0 Å². The van der Waals surface area contributed by atoms with Crippen molar-refractivity contribution in [3.8, 4) is 0 Å². The fourth-order valence-corrected chi connectivity index (χ4v) is 1.73. The highest BCUT2D eigenvalue weighted by molar-refractivity contribution is 5.47. The lowest BCUT2D eigenvalue weighted by Gasteiger charge is -2.09. The maximum Gasteiger partial charge on any atom is 0.146 e. The molecule has 2 nitrogen and oxygen atoms in total. The van der Waals surface area contributed by atoms with Gasteiger partial charge in [0.15, 0.2) is 0 Å². The molecular weight excluding hydrogens is 167 g/mol. The fourth-order valence-electron chi connectivity index (χ4n) is 1.73. The van der Waals surface area contributed by atoms with Crippen LogP contribution in [0.25, 0.3) is 0 Å². The second-order valence-electron chi connectivity index (χ2n) is 3.45. The van der Waals surface area contributed by atoms with Crippen molar-refractivity contribution in [2.24, 2.45) is 0 Å². The van der Waals surface area contributed by atoms with Gasteiger partial charge < -0.3 is 5.73 Å². The van der Waals surface area contributed by atoms with Crippen molar-refractivity contribution in [1.82, 2.24) is 4.90 Å². The van der Waals surface area contributed by atoms with E-state index in [9.17, 15) is 4.39 Å². The van der Waals surface area contributed by atoms with Crippen LogP contribution in [0.2, 0.25) is 0 Å². The van der Waals surface area contributed by atoms with E-state index in [0.29, 0.717) is 0 Å². The Balaban J connectivity index is 2.36. The average molecular weight is 180 g/mol. The largest absolute Gasteiger partial charge is 0.396 e. The van der Waals surface area contributed by atoms with Gasteiger partial charge in [-0.05, 0) is 29.8 Å². The molecule has 0 bridgehead atoms. The summed E-state index contributed by atoms with van der Waals surface area (Å²) in [7, 11) is 0. The Hall–Kier alpha value is -1.09. The molecule has 1 aliphatic rings. The molecule has 3 heteroatoms. The molecule has 70 valence electrons. The zero-order valence-electron chi connectivity index (χ0n) is 7.68.